The second kappa shape index (κ2) is 5.37. The van der Waals surface area contributed by atoms with Crippen LogP contribution in [0.4, 0.5) is 17.6 Å². The monoisotopic (exact) mass is 290 g/mol. The minimum atomic E-state index is -0.451. The van der Waals surface area contributed by atoms with Gasteiger partial charge in [0.2, 0.25) is 11.9 Å². The van der Waals surface area contributed by atoms with Crippen molar-refractivity contribution in [2.24, 2.45) is 0 Å². The van der Waals surface area contributed by atoms with Crippen LogP contribution in [0.15, 0.2) is 24.3 Å². The number of nitrogens with two attached hydrogens (primary N) is 1. The summed E-state index contributed by atoms with van der Waals surface area (Å²) in [6.07, 6.45) is 0. The van der Waals surface area contributed by atoms with Crippen LogP contribution >= 0.6 is 0 Å². The summed E-state index contributed by atoms with van der Waals surface area (Å²) in [4.78, 5) is 16.4. The van der Waals surface area contributed by atoms with Crippen LogP contribution in [0.3, 0.4) is 0 Å². The van der Waals surface area contributed by atoms with Crippen molar-refractivity contribution >= 4 is 17.6 Å². The third kappa shape index (κ3) is 2.63. The lowest BCUT2D eigenvalue weighted by molar-refractivity contribution is -0.384. The number of hydrogen-bond donors (Lipinski definition) is 1. The predicted molar refractivity (Wildman–Crippen MR) is 75.5 cm³/mol. The van der Waals surface area contributed by atoms with Crippen LogP contribution in [0.2, 0.25) is 0 Å². The van der Waals surface area contributed by atoms with Crippen LogP contribution < -0.4 is 10.6 Å². The van der Waals surface area contributed by atoms with Crippen molar-refractivity contribution in [3.05, 3.63) is 34.4 Å². The standard InChI is InChI=1S/C12H14N6O3/c13-11-14-12(16-5-7-21-8-6-16)15-17(11)9-1-3-10(4-2-9)18(19)20/h1-4H,5-8H2,(H2,13,14,15). The van der Waals surface area contributed by atoms with Crippen molar-refractivity contribution in [2.45, 2.75) is 0 Å². The largest absolute Gasteiger partial charge is 0.378 e. The number of anilines is 2. The van der Waals surface area contributed by atoms with E-state index in [1.54, 1.807) is 12.1 Å². The average Bonchev–Trinajstić information content (AvgIpc) is 2.90. The van der Waals surface area contributed by atoms with Gasteiger partial charge >= 0.3 is 0 Å². The number of rotatable bonds is 3. The fourth-order valence-corrected chi connectivity index (χ4v) is 2.12. The number of ether oxygens (including phenoxy) is 1. The van der Waals surface area contributed by atoms with E-state index in [1.807, 2.05) is 4.90 Å². The molecule has 1 fully saturated rings. The van der Waals surface area contributed by atoms with E-state index < -0.39 is 4.92 Å². The van der Waals surface area contributed by atoms with E-state index in [9.17, 15) is 10.1 Å². The van der Waals surface area contributed by atoms with Gasteiger partial charge in [-0.3, -0.25) is 10.1 Å². The lowest BCUT2D eigenvalue weighted by Gasteiger charge is -2.25. The van der Waals surface area contributed by atoms with Crippen LogP contribution in [0.1, 0.15) is 0 Å². The number of benzene rings is 1. The highest BCUT2D eigenvalue weighted by molar-refractivity contribution is 5.46. The molecule has 1 aliphatic heterocycles. The summed E-state index contributed by atoms with van der Waals surface area (Å²) >= 11 is 0. The molecular weight excluding hydrogens is 276 g/mol. The third-order valence-electron chi connectivity index (χ3n) is 3.22. The molecule has 0 unspecified atom stereocenters. The van der Waals surface area contributed by atoms with Gasteiger partial charge in [-0.05, 0) is 12.1 Å². The molecule has 0 amide bonds. The van der Waals surface area contributed by atoms with Gasteiger partial charge in [0.05, 0.1) is 23.8 Å². The predicted octanol–water partition coefficient (Wildman–Crippen LogP) is 0.594. The van der Waals surface area contributed by atoms with Gasteiger partial charge in [-0.2, -0.15) is 9.67 Å². The molecule has 0 radical (unpaired) electrons. The SMILES string of the molecule is Nc1nc(N2CCOCC2)nn1-c1ccc([N+](=O)[O-])cc1. The Labute approximate surface area is 120 Å². The van der Waals surface area contributed by atoms with Crippen molar-refractivity contribution in [1.82, 2.24) is 14.8 Å². The lowest BCUT2D eigenvalue weighted by atomic mass is 10.3. The molecule has 3 rings (SSSR count). The molecule has 2 aromatic rings. The summed E-state index contributed by atoms with van der Waals surface area (Å²) in [5.74, 6) is 0.777. The normalized spacial score (nSPS) is 15.1. The lowest BCUT2D eigenvalue weighted by Crippen LogP contribution is -2.37. The molecule has 21 heavy (non-hydrogen) atoms. The number of hydrogen-bond acceptors (Lipinski definition) is 7. The third-order valence-corrected chi connectivity index (χ3v) is 3.22. The first-order valence-electron chi connectivity index (χ1n) is 6.45. The van der Waals surface area contributed by atoms with Crippen molar-refractivity contribution in [2.75, 3.05) is 36.9 Å². The number of nitro groups is 1. The summed E-state index contributed by atoms with van der Waals surface area (Å²) in [5.41, 5.74) is 6.52. The van der Waals surface area contributed by atoms with Gasteiger partial charge < -0.3 is 15.4 Å². The Morgan fingerprint density at radius 3 is 2.52 bits per heavy atom. The van der Waals surface area contributed by atoms with Crippen LogP contribution in [0, 0.1) is 10.1 Å². The molecule has 0 bridgehead atoms. The molecule has 1 aromatic heterocycles. The molecule has 110 valence electrons. The molecule has 0 spiro atoms. The molecular formula is C12H14N6O3. The van der Waals surface area contributed by atoms with Gasteiger partial charge in [0.25, 0.3) is 5.69 Å². The quantitative estimate of drug-likeness (QED) is 0.650. The first-order chi connectivity index (χ1) is 10.1. The number of morpholine rings is 1. The van der Waals surface area contributed by atoms with Crippen molar-refractivity contribution in [1.29, 1.82) is 0 Å². The first kappa shape index (κ1) is 13.3. The molecule has 9 heteroatoms. The van der Waals surface area contributed by atoms with Crippen LogP contribution in [-0.4, -0.2) is 46.0 Å². The fourth-order valence-electron chi connectivity index (χ4n) is 2.12. The second-order valence-electron chi connectivity index (χ2n) is 4.55. The number of non-ortho nitro benzene ring substituents is 1. The highest BCUT2D eigenvalue weighted by atomic mass is 16.6. The molecule has 2 heterocycles. The van der Waals surface area contributed by atoms with Crippen LogP contribution in [-0.2, 0) is 4.74 Å². The summed E-state index contributed by atoms with van der Waals surface area (Å²) in [6, 6.07) is 5.99. The molecule has 0 atom stereocenters. The first-order valence-corrected chi connectivity index (χ1v) is 6.45. The van der Waals surface area contributed by atoms with Crippen molar-refractivity contribution < 1.29 is 9.66 Å². The molecule has 0 aliphatic carbocycles. The zero-order valence-corrected chi connectivity index (χ0v) is 11.2. The molecule has 1 aromatic carbocycles. The maximum absolute atomic E-state index is 10.7. The minimum Gasteiger partial charge on any atom is -0.378 e. The van der Waals surface area contributed by atoms with Gasteiger partial charge in [-0.25, -0.2) is 0 Å². The number of aromatic nitrogens is 3. The van der Waals surface area contributed by atoms with E-state index in [0.717, 1.165) is 0 Å². The number of nitrogens with zero attached hydrogens (tertiary/aromatic N) is 5. The van der Waals surface area contributed by atoms with Gasteiger partial charge in [0.15, 0.2) is 0 Å². The highest BCUT2D eigenvalue weighted by Gasteiger charge is 2.18. The Morgan fingerprint density at radius 2 is 1.90 bits per heavy atom. The smallest absolute Gasteiger partial charge is 0.269 e. The molecule has 1 aliphatic rings. The Hall–Kier alpha value is -2.68. The number of nitro benzene ring substituents is 1. The van der Waals surface area contributed by atoms with Crippen LogP contribution in [0.5, 0.6) is 0 Å². The molecule has 1 saturated heterocycles. The summed E-state index contributed by atoms with van der Waals surface area (Å²) < 4.78 is 6.75. The maximum atomic E-state index is 10.7. The Kier molecular flexibility index (Phi) is 3.40. The summed E-state index contributed by atoms with van der Waals surface area (Å²) in [5, 5.41) is 15.0. The van der Waals surface area contributed by atoms with E-state index in [2.05, 4.69) is 10.1 Å². The van der Waals surface area contributed by atoms with E-state index in [-0.39, 0.29) is 11.6 Å². The zero-order valence-electron chi connectivity index (χ0n) is 11.2. The minimum absolute atomic E-state index is 0.0193. The van der Waals surface area contributed by atoms with E-state index >= 15 is 0 Å². The number of nitrogen functional groups attached to an aromatic ring is 1. The van der Waals surface area contributed by atoms with E-state index in [4.69, 9.17) is 10.5 Å². The van der Waals surface area contributed by atoms with Gasteiger partial charge in [0.1, 0.15) is 0 Å². The van der Waals surface area contributed by atoms with E-state index in [0.29, 0.717) is 37.9 Å². The second-order valence-corrected chi connectivity index (χ2v) is 4.55. The zero-order chi connectivity index (χ0) is 14.8. The van der Waals surface area contributed by atoms with Crippen molar-refractivity contribution in [3.63, 3.8) is 0 Å². The van der Waals surface area contributed by atoms with Crippen molar-refractivity contribution in [3.8, 4) is 5.69 Å². The molecule has 9 nitrogen and oxygen atoms in total. The molecule has 0 saturated carbocycles. The summed E-state index contributed by atoms with van der Waals surface area (Å²) in [7, 11) is 0. The average molecular weight is 290 g/mol. The van der Waals surface area contributed by atoms with Gasteiger partial charge in [-0.1, -0.05) is 0 Å². The Morgan fingerprint density at radius 1 is 1.24 bits per heavy atom. The topological polar surface area (TPSA) is 112 Å². The van der Waals surface area contributed by atoms with Gasteiger partial charge in [-0.15, -0.1) is 5.10 Å². The maximum Gasteiger partial charge on any atom is 0.269 e. The highest BCUT2D eigenvalue weighted by Crippen LogP contribution is 2.19. The van der Waals surface area contributed by atoms with E-state index in [1.165, 1.54) is 16.8 Å². The Balaban J connectivity index is 1.88. The summed E-state index contributed by atoms with van der Waals surface area (Å²) in [6.45, 7) is 2.69. The molecule has 2 N–H and O–H groups in total. The Bertz CT molecular complexity index is 648. The van der Waals surface area contributed by atoms with Crippen LogP contribution in [0.25, 0.3) is 5.69 Å². The fraction of sp³-hybridized carbons (Fsp3) is 0.333. The van der Waals surface area contributed by atoms with Gasteiger partial charge in [0, 0.05) is 25.2 Å².